The van der Waals surface area contributed by atoms with Gasteiger partial charge in [-0.2, -0.15) is 0 Å². The van der Waals surface area contributed by atoms with Gasteiger partial charge in [0.15, 0.2) is 16.7 Å². The molecule has 0 bridgehead atoms. The molecule has 1 aromatic carbocycles. The van der Waals surface area contributed by atoms with Crippen molar-refractivity contribution in [3.63, 3.8) is 0 Å². The number of rotatable bonds is 6. The van der Waals surface area contributed by atoms with Gasteiger partial charge in [-0.05, 0) is 66.0 Å². The van der Waals surface area contributed by atoms with Crippen LogP contribution in [-0.4, -0.2) is 92.4 Å². The van der Waals surface area contributed by atoms with Crippen LogP contribution in [0, 0.1) is 0 Å². The Morgan fingerprint density at radius 2 is 1.85 bits per heavy atom. The highest BCUT2D eigenvalue weighted by Crippen LogP contribution is 2.48. The van der Waals surface area contributed by atoms with Crippen molar-refractivity contribution in [2.24, 2.45) is 4.99 Å². The minimum atomic E-state index is -1.36. The number of aliphatic imine (C=N–C) groups is 1. The third-order valence-corrected chi connectivity index (χ3v) is 9.10. The number of thioether (sulfide) groups is 1. The second-order valence-electron chi connectivity index (χ2n) is 13.4. The van der Waals surface area contributed by atoms with Gasteiger partial charge in [-0.25, -0.2) is 9.79 Å². The van der Waals surface area contributed by atoms with Crippen LogP contribution in [0.4, 0.5) is 4.79 Å². The van der Waals surface area contributed by atoms with Crippen LogP contribution in [0.3, 0.4) is 0 Å². The first-order valence-electron chi connectivity index (χ1n) is 15.8. The van der Waals surface area contributed by atoms with Crippen molar-refractivity contribution < 1.29 is 38.4 Å². The van der Waals surface area contributed by atoms with Gasteiger partial charge in [-0.1, -0.05) is 30.0 Å². The maximum atomic E-state index is 14.2. The van der Waals surface area contributed by atoms with E-state index in [0.29, 0.717) is 47.4 Å². The fourth-order valence-electron chi connectivity index (χ4n) is 6.54. The Morgan fingerprint density at radius 3 is 2.51 bits per heavy atom. The molecular weight excluding hydrogens is 628 g/mol. The number of nitrogens with one attached hydrogen (secondary N) is 3. The molecule has 0 saturated carbocycles. The van der Waals surface area contributed by atoms with Crippen LogP contribution in [0.1, 0.15) is 71.2 Å². The molecule has 14 nitrogen and oxygen atoms in total. The summed E-state index contributed by atoms with van der Waals surface area (Å²) in [6, 6.07) is 6.87. The molecule has 3 saturated heterocycles. The largest absolute Gasteiger partial charge is 0.444 e. The van der Waals surface area contributed by atoms with E-state index in [0.717, 1.165) is 12.8 Å². The number of ether oxygens (including phenoxy) is 4. The molecule has 6 atom stereocenters. The van der Waals surface area contributed by atoms with Crippen molar-refractivity contribution >= 4 is 35.2 Å². The van der Waals surface area contributed by atoms with Crippen LogP contribution >= 0.6 is 11.8 Å². The van der Waals surface area contributed by atoms with Crippen molar-refractivity contribution in [2.45, 2.75) is 108 Å². The molecule has 15 heteroatoms. The normalized spacial score (nSPS) is 28.8. The molecule has 0 aliphatic carbocycles. The van der Waals surface area contributed by atoms with Gasteiger partial charge in [0, 0.05) is 19.1 Å². The van der Waals surface area contributed by atoms with Crippen molar-refractivity contribution in [3.05, 3.63) is 58.8 Å². The monoisotopic (exact) mass is 670 g/mol. The molecule has 3 fully saturated rings. The number of hydrazine groups is 1. The molecule has 2 unspecified atom stereocenters. The summed E-state index contributed by atoms with van der Waals surface area (Å²) in [5.74, 6) is -1.16. The Balaban J connectivity index is 1.50. The van der Waals surface area contributed by atoms with Gasteiger partial charge >= 0.3 is 6.09 Å². The van der Waals surface area contributed by atoms with E-state index in [4.69, 9.17) is 18.9 Å². The Hall–Kier alpha value is -3.63. The minimum Gasteiger partial charge on any atom is -0.444 e. The molecule has 6 rings (SSSR count). The Labute approximate surface area is 277 Å². The van der Waals surface area contributed by atoms with Crippen LogP contribution in [0.5, 0.6) is 0 Å². The summed E-state index contributed by atoms with van der Waals surface area (Å²) >= 11 is 0.709. The van der Waals surface area contributed by atoms with Crippen molar-refractivity contribution in [1.29, 1.82) is 0 Å². The number of carbonyl (C=O) groups excluding carboxylic acids is 3. The molecule has 5 aliphatic rings. The average molecular weight is 671 g/mol. The topological polar surface area (TPSA) is 163 Å². The zero-order chi connectivity index (χ0) is 33.7. The van der Waals surface area contributed by atoms with Gasteiger partial charge < -0.3 is 34.7 Å². The van der Waals surface area contributed by atoms with Crippen molar-refractivity contribution in [3.8, 4) is 0 Å². The van der Waals surface area contributed by atoms with E-state index in [-0.39, 0.29) is 16.8 Å². The average Bonchev–Trinajstić information content (AvgIpc) is 3.63. The van der Waals surface area contributed by atoms with E-state index < -0.39 is 53.4 Å². The van der Waals surface area contributed by atoms with Gasteiger partial charge in [-0.3, -0.25) is 24.9 Å². The first kappa shape index (κ1) is 33.3. The lowest BCUT2D eigenvalue weighted by Gasteiger charge is -2.41. The number of hydrogen-bond donors (Lipinski definition) is 4. The number of amides is 2. The SMILES string of the molecule is CC(=O)SC(O)[C@@H]1[C@H]2OC(C)(C)O[C@H]2[C@H](C2=C3NC=NC(NC(=O)c4ccccc4)=C3NN2C2CCCCO2)N1C(=O)OC(C)(C)C. The summed E-state index contributed by atoms with van der Waals surface area (Å²) in [7, 11) is 0. The molecule has 2 amide bonds. The lowest BCUT2D eigenvalue weighted by atomic mass is 10.0. The predicted octanol–water partition coefficient (Wildman–Crippen LogP) is 2.88. The summed E-state index contributed by atoms with van der Waals surface area (Å²) in [4.78, 5) is 45.6. The lowest BCUT2D eigenvalue weighted by molar-refractivity contribution is -0.170. The Bertz CT molecular complexity index is 1500. The van der Waals surface area contributed by atoms with Gasteiger partial charge in [-0.15, -0.1) is 0 Å². The van der Waals surface area contributed by atoms with Crippen LogP contribution in [0.25, 0.3) is 0 Å². The zero-order valence-corrected chi connectivity index (χ0v) is 28.1. The summed E-state index contributed by atoms with van der Waals surface area (Å²) in [5.41, 5.74) is 3.17. The van der Waals surface area contributed by atoms with Crippen LogP contribution in [0.2, 0.25) is 0 Å². The molecule has 5 heterocycles. The Morgan fingerprint density at radius 1 is 1.13 bits per heavy atom. The molecule has 254 valence electrons. The highest BCUT2D eigenvalue weighted by molar-refractivity contribution is 8.14. The fourth-order valence-corrected chi connectivity index (χ4v) is 7.31. The lowest BCUT2D eigenvalue weighted by Crippen LogP contribution is -2.55. The number of likely N-dealkylation sites (tertiary alicyclic amines) is 1. The number of hydrogen-bond acceptors (Lipinski definition) is 13. The molecule has 5 aliphatic heterocycles. The van der Waals surface area contributed by atoms with Crippen LogP contribution in [0.15, 0.2) is 58.2 Å². The van der Waals surface area contributed by atoms with E-state index >= 15 is 0 Å². The predicted molar refractivity (Wildman–Crippen MR) is 172 cm³/mol. The standard InChI is InChI=1S/C32H42N6O8S/c1-17(39)47-29(41)24-26-25(44-32(5,6)45-26)23(37(24)30(42)46-31(2,3)4)22-20-21(36-38(22)19-14-10-11-15-43-19)27(34-16-33-20)35-28(40)18-12-8-7-9-13-18/h7-9,12-13,16,19,23-26,29,36,41H,10-11,14-15H2,1-6H3,(H,33,34)(H,35,40)/t19?,23-,24-,25-,26+,29?/m0/s1. The maximum Gasteiger partial charge on any atom is 0.411 e. The van der Waals surface area contributed by atoms with Gasteiger partial charge in [0.1, 0.15) is 47.3 Å². The molecular formula is C32H42N6O8S. The second-order valence-corrected chi connectivity index (χ2v) is 14.7. The summed E-state index contributed by atoms with van der Waals surface area (Å²) in [6.07, 6.45) is 1.16. The number of benzene rings is 1. The first-order chi connectivity index (χ1) is 22.2. The summed E-state index contributed by atoms with van der Waals surface area (Å²) in [6.45, 7) is 10.7. The molecule has 0 aromatic heterocycles. The maximum absolute atomic E-state index is 14.2. The molecule has 0 spiro atoms. The highest BCUT2D eigenvalue weighted by atomic mass is 32.2. The van der Waals surface area contributed by atoms with Crippen molar-refractivity contribution in [2.75, 3.05) is 6.61 Å². The zero-order valence-electron chi connectivity index (χ0n) is 27.3. The number of nitrogens with zero attached hydrogens (tertiary/aromatic N) is 3. The summed E-state index contributed by atoms with van der Waals surface area (Å²) < 4.78 is 25.0. The van der Waals surface area contributed by atoms with Crippen LogP contribution < -0.4 is 16.1 Å². The van der Waals surface area contributed by atoms with Crippen molar-refractivity contribution in [1.82, 2.24) is 26.0 Å². The van der Waals surface area contributed by atoms with E-state index in [9.17, 15) is 19.5 Å². The number of fused-ring (bicyclic) bond motifs is 2. The second kappa shape index (κ2) is 12.8. The Kier molecular flexibility index (Phi) is 9.04. The van der Waals surface area contributed by atoms with Crippen LogP contribution in [-0.2, 0) is 23.7 Å². The fraction of sp³-hybridized carbons (Fsp3) is 0.562. The van der Waals surface area contributed by atoms with E-state index in [1.54, 1.807) is 58.9 Å². The molecule has 1 aromatic rings. The van der Waals surface area contributed by atoms with Gasteiger partial charge in [0.25, 0.3) is 5.91 Å². The minimum absolute atomic E-state index is 0.259. The highest BCUT2D eigenvalue weighted by Gasteiger charge is 2.65. The number of carbonyl (C=O) groups is 3. The van der Waals surface area contributed by atoms with E-state index in [2.05, 4.69) is 21.1 Å². The van der Waals surface area contributed by atoms with E-state index in [1.165, 1.54) is 18.2 Å². The third-order valence-electron chi connectivity index (χ3n) is 8.24. The van der Waals surface area contributed by atoms with Gasteiger partial charge in [0.05, 0.1) is 17.7 Å². The van der Waals surface area contributed by atoms with Gasteiger partial charge in [0.2, 0.25) is 0 Å². The number of aliphatic hydroxyl groups is 1. The van der Waals surface area contributed by atoms with E-state index in [1.807, 2.05) is 11.1 Å². The third kappa shape index (κ3) is 6.72. The smallest absolute Gasteiger partial charge is 0.411 e. The molecule has 47 heavy (non-hydrogen) atoms. The quantitative estimate of drug-likeness (QED) is 0.328. The molecule has 0 radical (unpaired) electrons. The number of aliphatic hydroxyl groups excluding tert-OH is 1. The molecule has 4 N–H and O–H groups in total. The summed E-state index contributed by atoms with van der Waals surface area (Å²) in [5, 5.41) is 19.2. The first-order valence-corrected chi connectivity index (χ1v) is 16.7.